The minimum Gasteiger partial charge on any atom is -0.278 e. The van der Waals surface area contributed by atoms with Gasteiger partial charge in [-0.3, -0.25) is 5.43 Å². The van der Waals surface area contributed by atoms with E-state index in [-0.39, 0.29) is 0 Å². The van der Waals surface area contributed by atoms with E-state index in [1.54, 1.807) is 6.07 Å². The van der Waals surface area contributed by atoms with E-state index < -0.39 is 11.6 Å². The first-order valence-corrected chi connectivity index (χ1v) is 5.94. The Balaban J connectivity index is 2.06. The monoisotopic (exact) mass is 280 g/mol. The van der Waals surface area contributed by atoms with Gasteiger partial charge in [0, 0.05) is 5.02 Å². The molecule has 0 aliphatic rings. The molecule has 0 heterocycles. The number of benzene rings is 2. The van der Waals surface area contributed by atoms with Crippen molar-refractivity contribution in [1.82, 2.24) is 0 Å². The number of hydrogen-bond donors (Lipinski definition) is 1. The van der Waals surface area contributed by atoms with Crippen molar-refractivity contribution in [3.8, 4) is 0 Å². The average molecular weight is 281 g/mol. The molecule has 0 atom stereocenters. The molecule has 0 aromatic heterocycles. The fourth-order valence-corrected chi connectivity index (χ4v) is 1.62. The minimum absolute atomic E-state index is 0.463. The summed E-state index contributed by atoms with van der Waals surface area (Å²) in [5.74, 6) is -1.78. The molecule has 2 rings (SSSR count). The van der Waals surface area contributed by atoms with Crippen LogP contribution >= 0.6 is 11.6 Å². The highest BCUT2D eigenvalue weighted by atomic mass is 35.5. The van der Waals surface area contributed by atoms with Gasteiger partial charge in [-0.15, -0.1) is 0 Å². The van der Waals surface area contributed by atoms with Crippen LogP contribution in [0.3, 0.4) is 0 Å². The highest BCUT2D eigenvalue weighted by Gasteiger charge is 2.00. The van der Waals surface area contributed by atoms with E-state index in [0.29, 0.717) is 10.6 Å². The molecule has 5 heteroatoms. The predicted octanol–water partition coefficient (Wildman–Crippen LogP) is 4.37. The molecular weight excluding hydrogens is 270 g/mol. The number of hydrogen-bond acceptors (Lipinski definition) is 2. The van der Waals surface area contributed by atoms with Gasteiger partial charge >= 0.3 is 0 Å². The lowest BCUT2D eigenvalue weighted by molar-refractivity contribution is 0.508. The Kier molecular flexibility index (Phi) is 4.12. The Hall–Kier alpha value is -1.94. The molecule has 2 aromatic rings. The zero-order valence-electron chi connectivity index (χ0n) is 10.1. The zero-order valence-corrected chi connectivity index (χ0v) is 10.9. The van der Waals surface area contributed by atoms with Gasteiger partial charge in [0.15, 0.2) is 11.6 Å². The molecule has 1 N–H and O–H groups in total. The Bertz CT molecular complexity index is 627. The summed E-state index contributed by atoms with van der Waals surface area (Å²) in [6.45, 7) is 1.90. The highest BCUT2D eigenvalue weighted by Crippen LogP contribution is 2.19. The van der Waals surface area contributed by atoms with Gasteiger partial charge in [0.1, 0.15) is 0 Å². The number of nitrogens with zero attached hydrogens (tertiary/aromatic N) is 1. The number of halogens is 3. The molecule has 0 amide bonds. The third kappa shape index (κ3) is 3.51. The molecule has 0 unspecified atom stereocenters. The lowest BCUT2D eigenvalue weighted by Gasteiger charge is -2.02. The summed E-state index contributed by atoms with van der Waals surface area (Å²) in [5, 5.41) is 4.56. The Labute approximate surface area is 114 Å². The van der Waals surface area contributed by atoms with E-state index in [9.17, 15) is 8.78 Å². The Morgan fingerprint density at radius 2 is 1.89 bits per heavy atom. The fourth-order valence-electron chi connectivity index (χ4n) is 1.44. The summed E-state index contributed by atoms with van der Waals surface area (Å²) in [4.78, 5) is 0. The van der Waals surface area contributed by atoms with Crippen molar-refractivity contribution in [2.75, 3.05) is 5.43 Å². The van der Waals surface area contributed by atoms with Gasteiger partial charge in [0.05, 0.1) is 11.9 Å². The maximum Gasteiger partial charge on any atom is 0.159 e. The summed E-state index contributed by atoms with van der Waals surface area (Å²) in [5.41, 5.74) is 4.91. The molecule has 0 fully saturated rings. The molecule has 0 aliphatic carbocycles. The molecule has 2 aromatic carbocycles. The topological polar surface area (TPSA) is 24.4 Å². The van der Waals surface area contributed by atoms with E-state index in [4.69, 9.17) is 11.6 Å². The third-order valence-corrected chi connectivity index (χ3v) is 2.93. The molecular formula is C14H11ClF2N2. The quantitative estimate of drug-likeness (QED) is 0.655. The van der Waals surface area contributed by atoms with Crippen molar-refractivity contribution in [1.29, 1.82) is 0 Å². The second kappa shape index (κ2) is 5.80. The van der Waals surface area contributed by atoms with Gasteiger partial charge < -0.3 is 0 Å². The molecule has 2 nitrogen and oxygen atoms in total. The van der Waals surface area contributed by atoms with Crippen molar-refractivity contribution >= 4 is 23.5 Å². The van der Waals surface area contributed by atoms with Crippen LogP contribution in [0.2, 0.25) is 5.02 Å². The first kappa shape index (κ1) is 13.5. The molecule has 0 saturated carbocycles. The van der Waals surface area contributed by atoms with Crippen LogP contribution in [0.25, 0.3) is 0 Å². The van der Waals surface area contributed by atoms with Crippen molar-refractivity contribution < 1.29 is 8.78 Å². The maximum atomic E-state index is 13.0. The van der Waals surface area contributed by atoms with Crippen LogP contribution in [0.15, 0.2) is 41.5 Å². The van der Waals surface area contributed by atoms with E-state index in [1.807, 2.05) is 19.1 Å². The lowest BCUT2D eigenvalue weighted by Crippen LogP contribution is -1.92. The second-order valence-corrected chi connectivity index (χ2v) is 4.41. The van der Waals surface area contributed by atoms with Crippen LogP contribution in [-0.4, -0.2) is 6.21 Å². The summed E-state index contributed by atoms with van der Waals surface area (Å²) in [7, 11) is 0. The van der Waals surface area contributed by atoms with Crippen LogP contribution < -0.4 is 5.43 Å². The average Bonchev–Trinajstić information content (AvgIpc) is 2.38. The highest BCUT2D eigenvalue weighted by molar-refractivity contribution is 6.31. The second-order valence-electron chi connectivity index (χ2n) is 4.01. The van der Waals surface area contributed by atoms with Gasteiger partial charge in [-0.2, -0.15) is 5.10 Å². The van der Waals surface area contributed by atoms with Crippen LogP contribution in [0, 0.1) is 18.6 Å². The van der Waals surface area contributed by atoms with E-state index >= 15 is 0 Å². The van der Waals surface area contributed by atoms with Crippen LogP contribution in [0.1, 0.15) is 11.1 Å². The van der Waals surface area contributed by atoms with Crippen molar-refractivity contribution in [3.05, 3.63) is 64.2 Å². The van der Waals surface area contributed by atoms with Crippen LogP contribution in [0.4, 0.5) is 14.5 Å². The maximum absolute atomic E-state index is 13.0. The van der Waals surface area contributed by atoms with Gasteiger partial charge in [-0.1, -0.05) is 23.7 Å². The molecule has 0 spiro atoms. The van der Waals surface area contributed by atoms with E-state index in [0.717, 1.165) is 23.4 Å². The number of rotatable bonds is 3. The van der Waals surface area contributed by atoms with Crippen LogP contribution in [0.5, 0.6) is 0 Å². The predicted molar refractivity (Wildman–Crippen MR) is 73.8 cm³/mol. The summed E-state index contributed by atoms with van der Waals surface area (Å²) < 4.78 is 25.7. The zero-order chi connectivity index (χ0) is 13.8. The number of aryl methyl sites for hydroxylation is 1. The first-order chi connectivity index (χ1) is 9.06. The normalized spacial score (nSPS) is 10.9. The van der Waals surface area contributed by atoms with Gasteiger partial charge in [-0.05, 0) is 42.3 Å². The number of anilines is 1. The standard InChI is InChI=1S/C14H11ClF2N2/c1-9-2-4-11(7-12(9)15)19-18-8-10-3-5-13(16)14(17)6-10/h2-8,19H,1H3/b18-8-. The molecule has 0 bridgehead atoms. The molecule has 19 heavy (non-hydrogen) atoms. The van der Waals surface area contributed by atoms with Gasteiger partial charge in [0.2, 0.25) is 0 Å². The fraction of sp³-hybridized carbons (Fsp3) is 0.0714. The molecule has 0 radical (unpaired) electrons. The largest absolute Gasteiger partial charge is 0.278 e. The van der Waals surface area contributed by atoms with Crippen LogP contribution in [-0.2, 0) is 0 Å². The number of hydrazone groups is 1. The molecule has 0 saturated heterocycles. The van der Waals surface area contributed by atoms with Crippen molar-refractivity contribution in [3.63, 3.8) is 0 Å². The Morgan fingerprint density at radius 3 is 2.58 bits per heavy atom. The summed E-state index contributed by atoms with van der Waals surface area (Å²) >= 11 is 5.96. The van der Waals surface area contributed by atoms with Gasteiger partial charge in [-0.25, -0.2) is 8.78 Å². The molecule has 98 valence electrons. The van der Waals surface area contributed by atoms with Gasteiger partial charge in [0.25, 0.3) is 0 Å². The smallest absolute Gasteiger partial charge is 0.159 e. The summed E-state index contributed by atoms with van der Waals surface area (Å²) in [6.07, 6.45) is 1.40. The lowest BCUT2D eigenvalue weighted by atomic mass is 10.2. The number of nitrogens with one attached hydrogen (secondary N) is 1. The van der Waals surface area contributed by atoms with Crippen molar-refractivity contribution in [2.45, 2.75) is 6.92 Å². The SMILES string of the molecule is Cc1ccc(N/N=C\c2ccc(F)c(F)c2)cc1Cl. The minimum atomic E-state index is -0.901. The third-order valence-electron chi connectivity index (χ3n) is 2.52. The van der Waals surface area contributed by atoms with E-state index in [1.165, 1.54) is 12.3 Å². The summed E-state index contributed by atoms with van der Waals surface area (Å²) in [6, 6.07) is 8.98. The first-order valence-electron chi connectivity index (χ1n) is 5.56. The van der Waals surface area contributed by atoms with Crippen molar-refractivity contribution in [2.24, 2.45) is 5.10 Å². The van der Waals surface area contributed by atoms with E-state index in [2.05, 4.69) is 10.5 Å². The Morgan fingerprint density at radius 1 is 1.11 bits per heavy atom. The molecule has 0 aliphatic heterocycles.